The van der Waals surface area contributed by atoms with Crippen molar-refractivity contribution < 1.29 is 74.8 Å². The van der Waals surface area contributed by atoms with Crippen molar-refractivity contribution in [2.75, 3.05) is 26.2 Å². The molecule has 1 aliphatic rings. The van der Waals surface area contributed by atoms with Crippen LogP contribution in [0.5, 0.6) is 0 Å². The number of rotatable bonds is 13. The summed E-state index contributed by atoms with van der Waals surface area (Å²) in [6.45, 7) is -2.44. The predicted molar refractivity (Wildman–Crippen MR) is 94.4 cm³/mol. The number of carbonyl (C=O) groups excluding carboxylic acids is 3. The van der Waals surface area contributed by atoms with Crippen molar-refractivity contribution in [2.45, 2.75) is 50.0 Å². The lowest BCUT2D eigenvalue weighted by atomic mass is 9.98. The Balaban J connectivity index is 2.86. The molecule has 18 nitrogen and oxygen atoms in total. The maximum absolute atomic E-state index is 12.0. The molecule has 1 aliphatic heterocycles. The quantitative estimate of drug-likeness (QED) is 0.0678. The molecule has 0 radical (unpaired) electrons. The number of esters is 3. The lowest BCUT2D eigenvalue weighted by Crippen LogP contribution is -3.04. The van der Waals surface area contributed by atoms with Gasteiger partial charge in [0.1, 0.15) is 38.4 Å². The summed E-state index contributed by atoms with van der Waals surface area (Å²) < 4.78 is 19.7. The molecule has 8 atom stereocenters. The van der Waals surface area contributed by atoms with Gasteiger partial charge in [0, 0.05) is 0 Å². The van der Waals surface area contributed by atoms with Crippen LogP contribution in [0.2, 0.25) is 0 Å². The zero-order valence-electron chi connectivity index (χ0n) is 17.2. The first kappa shape index (κ1) is 29.0. The highest BCUT2D eigenvalue weighted by molar-refractivity contribution is 5.71. The second-order valence-electron chi connectivity index (χ2n) is 6.83. The smallest absolute Gasteiger partial charge is 0.312 e. The van der Waals surface area contributed by atoms with Gasteiger partial charge in [-0.3, -0.25) is 14.4 Å². The summed E-state index contributed by atoms with van der Waals surface area (Å²) in [7, 11) is 0. The first-order valence-corrected chi connectivity index (χ1v) is 9.62. The van der Waals surface area contributed by atoms with E-state index < -0.39 is 110 Å². The predicted octanol–water partition coefficient (Wildman–Crippen LogP) is -7.08. The molecule has 33 heavy (non-hydrogen) atoms. The maximum Gasteiger partial charge on any atom is 0.312 e. The Kier molecular flexibility index (Phi) is 12.5. The second-order valence-corrected chi connectivity index (χ2v) is 6.83. The van der Waals surface area contributed by atoms with Crippen molar-refractivity contribution in [3.05, 3.63) is 15.6 Å². The zero-order valence-corrected chi connectivity index (χ0v) is 17.2. The molecule has 0 aliphatic carbocycles. The van der Waals surface area contributed by atoms with E-state index in [0.717, 1.165) is 0 Å². The van der Waals surface area contributed by atoms with Crippen LogP contribution in [0, 0.1) is 15.6 Å². The molecule has 1 fully saturated rings. The summed E-state index contributed by atoms with van der Waals surface area (Å²) in [5, 5.41) is 74.4. The van der Waals surface area contributed by atoms with Gasteiger partial charge in [-0.25, -0.2) is 31.3 Å². The topological polar surface area (TPSA) is 272 Å². The molecule has 1 rings (SSSR count). The molecule has 0 saturated carbocycles. The highest BCUT2D eigenvalue weighted by atomic mass is 16.8. The minimum atomic E-state index is -2.01. The number of hydrogen-bond acceptors (Lipinski definition) is 15. The average Bonchev–Trinajstić information content (AvgIpc) is 2.72. The molecular formula is C15H27N3O15. The van der Waals surface area contributed by atoms with Crippen molar-refractivity contribution in [1.82, 2.24) is 0 Å². The summed E-state index contributed by atoms with van der Waals surface area (Å²) in [6.07, 6.45) is -10.7. The Labute approximate surface area is 185 Å². The number of nitrogens with one attached hydrogen (secondary N) is 3. The standard InChI is InChI=1S/C15H27N3O15/c19-9(1-4-16(24)25)30-7-8-12(22)13(32-10(20)2-5-17(26)27)14(15(23)31-8)33-11(21)3-6-18(28)29/h8,12-18,22-24,26,28H,1-7H2. The first-order valence-electron chi connectivity index (χ1n) is 9.62. The van der Waals surface area contributed by atoms with Gasteiger partial charge in [0.2, 0.25) is 0 Å². The molecule has 0 amide bonds. The van der Waals surface area contributed by atoms with Gasteiger partial charge in [-0.05, 0) is 0 Å². The third kappa shape index (κ3) is 11.1. The van der Waals surface area contributed by atoms with E-state index in [-0.39, 0.29) is 0 Å². The van der Waals surface area contributed by atoms with E-state index in [1.807, 2.05) is 0 Å². The Morgan fingerprint density at radius 2 is 1.18 bits per heavy atom. The normalized spacial score (nSPS) is 27.8. The lowest BCUT2D eigenvalue weighted by molar-refractivity contribution is -1.05. The van der Waals surface area contributed by atoms with E-state index in [1.165, 1.54) is 0 Å². The van der Waals surface area contributed by atoms with Gasteiger partial charge < -0.3 is 44.8 Å². The van der Waals surface area contributed by atoms with Crippen molar-refractivity contribution in [3.63, 3.8) is 0 Å². The largest absolute Gasteiger partial charge is 0.600 e. The Morgan fingerprint density at radius 3 is 1.64 bits per heavy atom. The van der Waals surface area contributed by atoms with E-state index in [9.17, 15) is 40.2 Å². The molecule has 8 N–H and O–H groups in total. The van der Waals surface area contributed by atoms with E-state index >= 15 is 0 Å². The third-order valence-corrected chi connectivity index (χ3v) is 4.21. The van der Waals surface area contributed by atoms with Crippen LogP contribution in [0.1, 0.15) is 19.3 Å². The average molecular weight is 489 g/mol. The molecular weight excluding hydrogens is 462 g/mol. The number of carbonyl (C=O) groups is 3. The van der Waals surface area contributed by atoms with E-state index in [0.29, 0.717) is 0 Å². The number of aliphatic hydroxyl groups is 2. The van der Waals surface area contributed by atoms with Crippen LogP contribution in [0.25, 0.3) is 0 Å². The van der Waals surface area contributed by atoms with Crippen LogP contribution >= 0.6 is 0 Å². The summed E-state index contributed by atoms with van der Waals surface area (Å²) in [6, 6.07) is 0. The maximum atomic E-state index is 12.0. The minimum absolute atomic E-state index is 0.488. The molecule has 18 heteroatoms. The molecule has 0 aromatic heterocycles. The van der Waals surface area contributed by atoms with Gasteiger partial charge in [-0.2, -0.15) is 0 Å². The Bertz CT molecular complexity index is 634. The Hall–Kier alpha value is -2.07. The molecule has 0 bridgehead atoms. The van der Waals surface area contributed by atoms with Crippen LogP contribution < -0.4 is 15.7 Å². The van der Waals surface area contributed by atoms with Crippen LogP contribution in [-0.4, -0.2) is 101 Å². The molecule has 192 valence electrons. The molecule has 0 aromatic rings. The molecule has 1 saturated heterocycles. The monoisotopic (exact) mass is 489 g/mol. The van der Waals surface area contributed by atoms with Gasteiger partial charge >= 0.3 is 17.9 Å². The SMILES string of the molecule is O=C(CC[NH+]([O-])O)OCC1OC(O)C(OC(=O)CC[NH+]([O-])O)C(OC(=O)CC[NH+]([O-])O)C1O. The molecule has 8 unspecified atom stereocenters. The molecule has 0 spiro atoms. The van der Waals surface area contributed by atoms with Crippen molar-refractivity contribution in [2.24, 2.45) is 0 Å². The lowest BCUT2D eigenvalue weighted by Gasteiger charge is -2.41. The highest BCUT2D eigenvalue weighted by Gasteiger charge is 2.49. The summed E-state index contributed by atoms with van der Waals surface area (Å²) >= 11 is 0. The van der Waals surface area contributed by atoms with Crippen molar-refractivity contribution >= 4 is 17.9 Å². The van der Waals surface area contributed by atoms with Gasteiger partial charge in [0.05, 0.1) is 19.3 Å². The number of quaternary nitrogens is 3. The Morgan fingerprint density at radius 1 is 0.758 bits per heavy atom. The van der Waals surface area contributed by atoms with Crippen molar-refractivity contribution in [1.29, 1.82) is 0 Å². The summed E-state index contributed by atoms with van der Waals surface area (Å²) in [5.74, 6) is -3.21. The van der Waals surface area contributed by atoms with E-state index in [1.54, 1.807) is 0 Å². The van der Waals surface area contributed by atoms with Crippen LogP contribution in [0.3, 0.4) is 0 Å². The van der Waals surface area contributed by atoms with Gasteiger partial charge in [-0.1, -0.05) is 0 Å². The van der Waals surface area contributed by atoms with Gasteiger partial charge in [-0.15, -0.1) is 0 Å². The van der Waals surface area contributed by atoms with Crippen LogP contribution in [-0.2, 0) is 33.3 Å². The summed E-state index contributed by atoms with van der Waals surface area (Å²) in [4.78, 5) is 35.4. The van der Waals surface area contributed by atoms with Crippen molar-refractivity contribution in [3.8, 4) is 0 Å². The minimum Gasteiger partial charge on any atom is -0.600 e. The molecule has 0 aromatic carbocycles. The fourth-order valence-electron chi connectivity index (χ4n) is 2.60. The van der Waals surface area contributed by atoms with E-state index in [4.69, 9.17) is 34.6 Å². The summed E-state index contributed by atoms with van der Waals surface area (Å²) in [5.41, 5.74) is 0. The fourth-order valence-corrected chi connectivity index (χ4v) is 2.60. The number of hydrogen-bond donors (Lipinski definition) is 8. The third-order valence-electron chi connectivity index (χ3n) is 4.21. The fraction of sp³-hybridized carbons (Fsp3) is 0.800. The first-order chi connectivity index (χ1) is 15.4. The van der Waals surface area contributed by atoms with Crippen LogP contribution in [0.15, 0.2) is 0 Å². The van der Waals surface area contributed by atoms with E-state index in [2.05, 4.69) is 0 Å². The zero-order chi connectivity index (χ0) is 25.1. The number of hydroxylamine groups is 6. The van der Waals surface area contributed by atoms with Gasteiger partial charge in [0.15, 0.2) is 18.5 Å². The number of aliphatic hydroxyl groups excluding tert-OH is 2. The molecule has 1 heterocycles. The van der Waals surface area contributed by atoms with Gasteiger partial charge in [0.25, 0.3) is 0 Å². The second kappa shape index (κ2) is 14.2. The number of ether oxygens (including phenoxy) is 4. The highest BCUT2D eigenvalue weighted by Crippen LogP contribution is 2.26. The van der Waals surface area contributed by atoms with Crippen LogP contribution in [0.4, 0.5) is 0 Å².